The van der Waals surface area contributed by atoms with Crippen molar-refractivity contribution in [3.05, 3.63) is 12.2 Å². The fourth-order valence-corrected chi connectivity index (χ4v) is 1.87. The van der Waals surface area contributed by atoms with Crippen LogP contribution in [0.15, 0.2) is 12.2 Å². The minimum Gasteiger partial charge on any atom is -0.383 e. The molecule has 0 radical (unpaired) electrons. The molecule has 0 spiro atoms. The molecule has 1 unspecified atom stereocenters. The normalized spacial score (nSPS) is 13.4. The van der Waals surface area contributed by atoms with Gasteiger partial charge in [-0.2, -0.15) is 0 Å². The van der Waals surface area contributed by atoms with Gasteiger partial charge in [-0.1, -0.05) is 51.7 Å². The molecule has 0 aliphatic rings. The predicted molar refractivity (Wildman–Crippen MR) is 76.4 cm³/mol. The third-order valence-corrected chi connectivity index (χ3v) is 3.15. The van der Waals surface area contributed by atoms with E-state index in [1.165, 1.54) is 32.1 Å². The summed E-state index contributed by atoms with van der Waals surface area (Å²) >= 11 is 0. The number of ether oxygens (including phenoxy) is 1. The van der Waals surface area contributed by atoms with E-state index in [1.807, 2.05) is 0 Å². The van der Waals surface area contributed by atoms with E-state index in [1.54, 1.807) is 7.11 Å². The summed E-state index contributed by atoms with van der Waals surface area (Å²) in [6, 6.07) is 0. The largest absolute Gasteiger partial charge is 0.383 e. The Morgan fingerprint density at radius 3 is 2.65 bits per heavy atom. The van der Waals surface area contributed by atoms with Crippen LogP contribution in [0, 0.1) is 5.92 Å². The zero-order valence-corrected chi connectivity index (χ0v) is 12.0. The van der Waals surface area contributed by atoms with Crippen molar-refractivity contribution in [3.63, 3.8) is 0 Å². The van der Waals surface area contributed by atoms with E-state index in [0.717, 1.165) is 32.0 Å². The SMILES string of the molecule is CCCCC(CC)CC=CCCNCCOC. The summed E-state index contributed by atoms with van der Waals surface area (Å²) in [4.78, 5) is 0. The molecule has 1 N–H and O–H groups in total. The number of hydrogen-bond acceptors (Lipinski definition) is 2. The second kappa shape index (κ2) is 13.7. The van der Waals surface area contributed by atoms with Gasteiger partial charge in [0.25, 0.3) is 0 Å². The van der Waals surface area contributed by atoms with Crippen LogP contribution in [0.1, 0.15) is 52.4 Å². The molecule has 0 fully saturated rings. The number of allylic oxidation sites excluding steroid dienone is 1. The lowest BCUT2D eigenvalue weighted by atomic mass is 9.96. The summed E-state index contributed by atoms with van der Waals surface area (Å²) in [5.41, 5.74) is 0. The molecule has 0 amide bonds. The van der Waals surface area contributed by atoms with Crippen LogP contribution in [0.4, 0.5) is 0 Å². The van der Waals surface area contributed by atoms with Crippen molar-refractivity contribution in [2.24, 2.45) is 5.92 Å². The smallest absolute Gasteiger partial charge is 0.0587 e. The van der Waals surface area contributed by atoms with Gasteiger partial charge in [0.1, 0.15) is 0 Å². The maximum atomic E-state index is 4.97. The maximum absolute atomic E-state index is 4.97. The molecule has 0 aliphatic carbocycles. The van der Waals surface area contributed by atoms with E-state index in [4.69, 9.17) is 4.74 Å². The molecule has 2 nitrogen and oxygen atoms in total. The van der Waals surface area contributed by atoms with E-state index < -0.39 is 0 Å². The van der Waals surface area contributed by atoms with Gasteiger partial charge in [-0.25, -0.2) is 0 Å². The van der Waals surface area contributed by atoms with Crippen molar-refractivity contribution in [2.45, 2.75) is 52.4 Å². The van der Waals surface area contributed by atoms with E-state index in [-0.39, 0.29) is 0 Å². The zero-order chi connectivity index (χ0) is 12.8. The molecule has 2 heteroatoms. The first kappa shape index (κ1) is 16.7. The van der Waals surface area contributed by atoms with Crippen molar-refractivity contribution < 1.29 is 4.74 Å². The van der Waals surface area contributed by atoms with Crippen LogP contribution in [0.5, 0.6) is 0 Å². The Kier molecular flexibility index (Phi) is 13.4. The quantitative estimate of drug-likeness (QED) is 0.415. The highest BCUT2D eigenvalue weighted by molar-refractivity contribution is 4.84. The Morgan fingerprint density at radius 1 is 1.18 bits per heavy atom. The Labute approximate surface area is 108 Å². The summed E-state index contributed by atoms with van der Waals surface area (Å²) < 4.78 is 4.97. The minimum atomic E-state index is 0.804. The Hall–Kier alpha value is -0.340. The highest BCUT2D eigenvalue weighted by Crippen LogP contribution is 2.16. The van der Waals surface area contributed by atoms with Crippen molar-refractivity contribution in [1.29, 1.82) is 0 Å². The molecular formula is C15H31NO. The lowest BCUT2D eigenvalue weighted by Gasteiger charge is -2.11. The summed E-state index contributed by atoms with van der Waals surface area (Å²) in [5.74, 6) is 0.896. The number of nitrogens with one attached hydrogen (secondary N) is 1. The van der Waals surface area contributed by atoms with Gasteiger partial charge in [-0.05, 0) is 25.3 Å². The summed E-state index contributed by atoms with van der Waals surface area (Å²) in [5, 5.41) is 3.35. The number of rotatable bonds is 12. The minimum absolute atomic E-state index is 0.804. The molecule has 102 valence electrons. The second-order valence-electron chi connectivity index (χ2n) is 4.66. The average molecular weight is 241 g/mol. The summed E-state index contributed by atoms with van der Waals surface area (Å²) in [6.07, 6.45) is 12.5. The first-order valence-corrected chi connectivity index (χ1v) is 7.19. The number of methoxy groups -OCH3 is 1. The fraction of sp³-hybridized carbons (Fsp3) is 0.867. The molecule has 0 bridgehead atoms. The molecule has 0 aromatic rings. The van der Waals surface area contributed by atoms with Gasteiger partial charge in [0, 0.05) is 13.7 Å². The van der Waals surface area contributed by atoms with Gasteiger partial charge in [0.15, 0.2) is 0 Å². The number of unbranched alkanes of at least 4 members (excludes halogenated alkanes) is 1. The fourth-order valence-electron chi connectivity index (χ4n) is 1.87. The monoisotopic (exact) mass is 241 g/mol. The van der Waals surface area contributed by atoms with Crippen LogP contribution in [0.2, 0.25) is 0 Å². The van der Waals surface area contributed by atoms with E-state index in [0.29, 0.717) is 0 Å². The van der Waals surface area contributed by atoms with Crippen molar-refractivity contribution in [3.8, 4) is 0 Å². The van der Waals surface area contributed by atoms with Crippen LogP contribution in [0.25, 0.3) is 0 Å². The molecule has 0 rings (SSSR count). The van der Waals surface area contributed by atoms with Crippen LogP contribution in [-0.2, 0) is 4.74 Å². The predicted octanol–water partition coefficient (Wildman–Crippen LogP) is 3.78. The Morgan fingerprint density at radius 2 is 2.00 bits per heavy atom. The van der Waals surface area contributed by atoms with Crippen LogP contribution in [-0.4, -0.2) is 26.8 Å². The third-order valence-electron chi connectivity index (χ3n) is 3.15. The first-order valence-electron chi connectivity index (χ1n) is 7.19. The average Bonchev–Trinajstić information content (AvgIpc) is 2.36. The van der Waals surface area contributed by atoms with Gasteiger partial charge in [0.2, 0.25) is 0 Å². The van der Waals surface area contributed by atoms with Gasteiger partial charge in [-0.3, -0.25) is 0 Å². The van der Waals surface area contributed by atoms with Crippen LogP contribution in [0.3, 0.4) is 0 Å². The summed E-state index contributed by atoms with van der Waals surface area (Å²) in [6.45, 7) is 7.40. The molecule has 0 aromatic carbocycles. The Balaban J connectivity index is 3.37. The standard InChI is InChI=1S/C15H31NO/c1-4-6-10-15(5-2)11-8-7-9-12-16-13-14-17-3/h7-8,15-16H,4-6,9-14H2,1-3H3. The lowest BCUT2D eigenvalue weighted by Crippen LogP contribution is -2.19. The summed E-state index contributed by atoms with van der Waals surface area (Å²) in [7, 11) is 1.74. The zero-order valence-electron chi connectivity index (χ0n) is 12.0. The highest BCUT2D eigenvalue weighted by atomic mass is 16.5. The lowest BCUT2D eigenvalue weighted by molar-refractivity contribution is 0.199. The molecule has 0 saturated carbocycles. The highest BCUT2D eigenvalue weighted by Gasteiger charge is 2.02. The third kappa shape index (κ3) is 11.9. The molecule has 0 aliphatic heterocycles. The topological polar surface area (TPSA) is 21.3 Å². The van der Waals surface area contributed by atoms with Crippen LogP contribution < -0.4 is 5.32 Å². The second-order valence-corrected chi connectivity index (χ2v) is 4.66. The Bertz CT molecular complexity index is 168. The first-order chi connectivity index (χ1) is 8.35. The van der Waals surface area contributed by atoms with E-state index in [9.17, 15) is 0 Å². The van der Waals surface area contributed by atoms with Crippen molar-refractivity contribution >= 4 is 0 Å². The van der Waals surface area contributed by atoms with Crippen molar-refractivity contribution in [1.82, 2.24) is 5.32 Å². The molecular weight excluding hydrogens is 210 g/mol. The van der Waals surface area contributed by atoms with Crippen molar-refractivity contribution in [2.75, 3.05) is 26.8 Å². The van der Waals surface area contributed by atoms with Gasteiger partial charge in [-0.15, -0.1) is 0 Å². The molecule has 0 heterocycles. The van der Waals surface area contributed by atoms with Crippen LogP contribution >= 0.6 is 0 Å². The van der Waals surface area contributed by atoms with Gasteiger partial charge in [0.05, 0.1) is 6.61 Å². The molecule has 17 heavy (non-hydrogen) atoms. The van der Waals surface area contributed by atoms with Gasteiger partial charge < -0.3 is 10.1 Å². The van der Waals surface area contributed by atoms with E-state index >= 15 is 0 Å². The van der Waals surface area contributed by atoms with E-state index in [2.05, 4.69) is 31.3 Å². The number of hydrogen-bond donors (Lipinski definition) is 1. The van der Waals surface area contributed by atoms with Gasteiger partial charge >= 0.3 is 0 Å². The maximum Gasteiger partial charge on any atom is 0.0587 e. The molecule has 0 aromatic heterocycles. The molecule has 1 atom stereocenters. The molecule has 0 saturated heterocycles.